The van der Waals surface area contributed by atoms with Gasteiger partial charge in [0.1, 0.15) is 4.21 Å². The van der Waals surface area contributed by atoms with E-state index in [2.05, 4.69) is 22.5 Å². The fourth-order valence-corrected chi connectivity index (χ4v) is 5.69. The van der Waals surface area contributed by atoms with Gasteiger partial charge in [-0.25, -0.2) is 8.42 Å². The standard InChI is InChI=1S/C10H11BrClNO2S2/c1-2-5-13(7-3-4-7)17(14,15)9-6-8(12)10(11)16-9/h2,6-7H,1,3-5H2. The van der Waals surface area contributed by atoms with Gasteiger partial charge in [-0.3, -0.25) is 0 Å². The maximum atomic E-state index is 12.4. The van der Waals surface area contributed by atoms with Gasteiger partial charge in [0.25, 0.3) is 10.0 Å². The Morgan fingerprint density at radius 2 is 2.29 bits per heavy atom. The van der Waals surface area contributed by atoms with E-state index >= 15 is 0 Å². The lowest BCUT2D eigenvalue weighted by atomic mass is 10.6. The molecule has 2 rings (SSSR count). The first-order valence-electron chi connectivity index (χ1n) is 5.04. The van der Waals surface area contributed by atoms with Gasteiger partial charge in [0.15, 0.2) is 0 Å². The lowest BCUT2D eigenvalue weighted by molar-refractivity contribution is 0.437. The summed E-state index contributed by atoms with van der Waals surface area (Å²) < 4.78 is 27.2. The first kappa shape index (κ1) is 13.5. The molecule has 1 aliphatic rings. The quantitative estimate of drug-likeness (QED) is 0.757. The van der Waals surface area contributed by atoms with Crippen molar-refractivity contribution in [2.75, 3.05) is 6.54 Å². The molecule has 3 nitrogen and oxygen atoms in total. The molecule has 0 aromatic carbocycles. The second-order valence-electron chi connectivity index (χ2n) is 3.78. The van der Waals surface area contributed by atoms with Gasteiger partial charge in [0, 0.05) is 12.6 Å². The van der Waals surface area contributed by atoms with Gasteiger partial charge in [-0.15, -0.1) is 17.9 Å². The van der Waals surface area contributed by atoms with Crippen LogP contribution >= 0.6 is 38.9 Å². The molecule has 1 aromatic rings. The van der Waals surface area contributed by atoms with E-state index in [-0.39, 0.29) is 10.3 Å². The number of hydrogen-bond donors (Lipinski definition) is 0. The molecular formula is C10H11BrClNO2S2. The summed E-state index contributed by atoms with van der Waals surface area (Å²) in [6.45, 7) is 3.95. The Labute approximate surface area is 118 Å². The third-order valence-corrected chi connectivity index (χ3v) is 7.29. The Kier molecular flexibility index (Phi) is 3.99. The van der Waals surface area contributed by atoms with Crippen molar-refractivity contribution in [3.63, 3.8) is 0 Å². The Bertz CT molecular complexity index is 517. The Morgan fingerprint density at radius 1 is 1.65 bits per heavy atom. The van der Waals surface area contributed by atoms with Crippen LogP contribution in [-0.2, 0) is 10.0 Å². The van der Waals surface area contributed by atoms with Crippen molar-refractivity contribution in [3.05, 3.63) is 27.5 Å². The summed E-state index contributed by atoms with van der Waals surface area (Å²) in [7, 11) is -3.44. The summed E-state index contributed by atoms with van der Waals surface area (Å²) in [6.07, 6.45) is 3.46. The maximum absolute atomic E-state index is 12.4. The van der Waals surface area contributed by atoms with Crippen LogP contribution < -0.4 is 0 Å². The molecule has 0 unspecified atom stereocenters. The molecule has 1 aliphatic carbocycles. The van der Waals surface area contributed by atoms with Crippen LogP contribution in [0.1, 0.15) is 12.8 Å². The normalized spacial score (nSPS) is 16.4. The molecule has 0 aliphatic heterocycles. The first-order valence-corrected chi connectivity index (χ1v) is 8.47. The minimum Gasteiger partial charge on any atom is -0.206 e. The molecule has 1 heterocycles. The third kappa shape index (κ3) is 2.76. The Balaban J connectivity index is 2.36. The fraction of sp³-hybridized carbons (Fsp3) is 0.400. The summed E-state index contributed by atoms with van der Waals surface area (Å²) in [4.78, 5) is 0. The topological polar surface area (TPSA) is 37.4 Å². The Hall–Kier alpha value is 0.120. The van der Waals surface area contributed by atoms with E-state index in [0.717, 1.165) is 24.2 Å². The molecule has 1 fully saturated rings. The van der Waals surface area contributed by atoms with Crippen LogP contribution in [0.3, 0.4) is 0 Å². The van der Waals surface area contributed by atoms with Gasteiger partial charge in [-0.05, 0) is 34.8 Å². The zero-order valence-electron chi connectivity index (χ0n) is 8.90. The number of nitrogens with zero attached hydrogens (tertiary/aromatic N) is 1. The third-order valence-electron chi connectivity index (χ3n) is 2.45. The van der Waals surface area contributed by atoms with Gasteiger partial charge in [0.2, 0.25) is 0 Å². The molecule has 1 saturated carbocycles. The van der Waals surface area contributed by atoms with Crippen molar-refractivity contribution in [2.24, 2.45) is 0 Å². The minimum absolute atomic E-state index is 0.123. The van der Waals surface area contributed by atoms with Gasteiger partial charge in [-0.1, -0.05) is 17.7 Å². The second kappa shape index (κ2) is 5.01. The van der Waals surface area contributed by atoms with E-state index in [1.165, 1.54) is 10.4 Å². The average molecular weight is 357 g/mol. The maximum Gasteiger partial charge on any atom is 0.253 e. The molecule has 0 radical (unpaired) electrons. The van der Waals surface area contributed by atoms with Gasteiger partial charge < -0.3 is 0 Å². The van der Waals surface area contributed by atoms with Crippen LogP contribution in [0.2, 0.25) is 5.02 Å². The highest BCUT2D eigenvalue weighted by Crippen LogP contribution is 2.38. The van der Waals surface area contributed by atoms with Crippen LogP contribution in [0.15, 0.2) is 26.7 Å². The molecule has 0 atom stereocenters. The van der Waals surface area contributed by atoms with E-state index in [1.54, 1.807) is 6.08 Å². The molecule has 0 amide bonds. The predicted molar refractivity (Wildman–Crippen MR) is 74.1 cm³/mol. The SMILES string of the molecule is C=CCN(C1CC1)S(=O)(=O)c1cc(Cl)c(Br)s1. The van der Waals surface area contributed by atoms with E-state index in [0.29, 0.717) is 15.4 Å². The summed E-state index contributed by atoms with van der Waals surface area (Å²) in [5.41, 5.74) is 0. The number of halogens is 2. The predicted octanol–water partition coefficient (Wildman–Crippen LogP) is 3.50. The van der Waals surface area contributed by atoms with E-state index in [9.17, 15) is 8.42 Å². The number of sulfonamides is 1. The van der Waals surface area contributed by atoms with Crippen molar-refractivity contribution in [3.8, 4) is 0 Å². The second-order valence-corrected chi connectivity index (χ2v) is 8.68. The van der Waals surface area contributed by atoms with Crippen molar-refractivity contribution in [2.45, 2.75) is 23.1 Å². The monoisotopic (exact) mass is 355 g/mol. The zero-order chi connectivity index (χ0) is 12.6. The molecule has 94 valence electrons. The number of rotatable bonds is 5. The zero-order valence-corrected chi connectivity index (χ0v) is 12.9. The summed E-state index contributed by atoms with van der Waals surface area (Å²) in [6, 6.07) is 1.61. The largest absolute Gasteiger partial charge is 0.253 e. The lowest BCUT2D eigenvalue weighted by Gasteiger charge is -2.18. The van der Waals surface area contributed by atoms with E-state index in [4.69, 9.17) is 11.6 Å². The highest BCUT2D eigenvalue weighted by atomic mass is 79.9. The van der Waals surface area contributed by atoms with E-state index < -0.39 is 10.0 Å². The minimum atomic E-state index is -3.44. The molecule has 0 bridgehead atoms. The molecule has 1 aromatic heterocycles. The van der Waals surface area contributed by atoms with Crippen molar-refractivity contribution >= 4 is 48.9 Å². The highest BCUT2D eigenvalue weighted by molar-refractivity contribution is 9.11. The van der Waals surface area contributed by atoms with Crippen LogP contribution in [-0.4, -0.2) is 25.3 Å². The van der Waals surface area contributed by atoms with Crippen LogP contribution in [0, 0.1) is 0 Å². The first-order chi connectivity index (χ1) is 7.96. The molecule has 7 heteroatoms. The number of hydrogen-bond acceptors (Lipinski definition) is 3. The molecule has 0 spiro atoms. The van der Waals surface area contributed by atoms with Gasteiger partial charge >= 0.3 is 0 Å². The van der Waals surface area contributed by atoms with Crippen LogP contribution in [0.4, 0.5) is 0 Å². The van der Waals surface area contributed by atoms with Gasteiger partial charge in [0.05, 0.1) is 8.81 Å². The lowest BCUT2D eigenvalue weighted by Crippen LogP contribution is -2.32. The Morgan fingerprint density at radius 3 is 2.71 bits per heavy atom. The van der Waals surface area contributed by atoms with Crippen LogP contribution in [0.5, 0.6) is 0 Å². The summed E-state index contributed by atoms with van der Waals surface area (Å²) in [5.74, 6) is 0. The number of thiophene rings is 1. The average Bonchev–Trinajstić information content (AvgIpc) is 3.03. The molecule has 0 N–H and O–H groups in total. The smallest absolute Gasteiger partial charge is 0.206 e. The summed E-state index contributed by atoms with van der Waals surface area (Å²) >= 11 is 10.2. The molecular weight excluding hydrogens is 346 g/mol. The molecule has 0 saturated heterocycles. The van der Waals surface area contributed by atoms with Crippen molar-refractivity contribution < 1.29 is 8.42 Å². The summed E-state index contributed by atoms with van der Waals surface area (Å²) in [5, 5.41) is 0.433. The van der Waals surface area contributed by atoms with Crippen LogP contribution in [0.25, 0.3) is 0 Å². The van der Waals surface area contributed by atoms with E-state index in [1.807, 2.05) is 0 Å². The highest BCUT2D eigenvalue weighted by Gasteiger charge is 2.38. The van der Waals surface area contributed by atoms with Crippen molar-refractivity contribution in [1.29, 1.82) is 0 Å². The van der Waals surface area contributed by atoms with Crippen molar-refractivity contribution in [1.82, 2.24) is 4.31 Å². The molecule has 17 heavy (non-hydrogen) atoms. The fourth-order valence-electron chi connectivity index (χ4n) is 1.50. The van der Waals surface area contributed by atoms with Gasteiger partial charge in [-0.2, -0.15) is 4.31 Å².